The minimum absolute atomic E-state index is 0.0762. The number of benzene rings is 2. The Bertz CT molecular complexity index is 1630. The number of halogens is 1. The number of anilines is 3. The van der Waals surface area contributed by atoms with E-state index in [1.54, 1.807) is 59.3 Å². The fourth-order valence-electron chi connectivity index (χ4n) is 7.93. The van der Waals surface area contributed by atoms with Gasteiger partial charge in [-0.3, -0.25) is 14.4 Å². The quantitative estimate of drug-likeness (QED) is 0.104. The van der Waals surface area contributed by atoms with E-state index < -0.39 is 31.6 Å². The summed E-state index contributed by atoms with van der Waals surface area (Å²) in [6, 6.07) is 11.7. The van der Waals surface area contributed by atoms with Crippen LogP contribution in [-0.4, -0.2) is 68.0 Å². The Morgan fingerprint density at radius 3 is 2.51 bits per heavy atom. The Hall–Kier alpha value is -3.80. The van der Waals surface area contributed by atoms with Crippen molar-refractivity contribution in [2.24, 2.45) is 5.92 Å². The zero-order valence-electron chi connectivity index (χ0n) is 29.6. The first-order valence-electron chi connectivity index (χ1n) is 17.4. The van der Waals surface area contributed by atoms with Gasteiger partial charge in [-0.15, -0.1) is 0 Å². The smallest absolute Gasteiger partial charge is 0.264 e. The number of aliphatic hydroxyl groups is 1. The Labute approximate surface area is 290 Å². The van der Waals surface area contributed by atoms with Crippen LogP contribution in [0.25, 0.3) is 0 Å². The van der Waals surface area contributed by atoms with Crippen LogP contribution in [0, 0.1) is 5.92 Å². The Kier molecular flexibility index (Phi) is 10.9. The number of hydrogen-bond acceptors (Lipinski definition) is 6. The molecule has 5 atom stereocenters. The summed E-state index contributed by atoms with van der Waals surface area (Å²) in [6.07, 6.45) is 6.59. The molecule has 3 amide bonds. The van der Waals surface area contributed by atoms with Gasteiger partial charge in [-0.1, -0.05) is 30.2 Å². The van der Waals surface area contributed by atoms with Gasteiger partial charge < -0.3 is 34.8 Å². The first-order chi connectivity index (χ1) is 23.2. The summed E-state index contributed by atoms with van der Waals surface area (Å²) in [5.41, 5.74) is 8.64. The monoisotopic (exact) mass is 690 g/mol. The van der Waals surface area contributed by atoms with Crippen LogP contribution >= 0.6 is 0 Å². The summed E-state index contributed by atoms with van der Waals surface area (Å²) in [7, 11) is -3.51. The molecule has 11 heteroatoms. The highest BCUT2D eigenvalue weighted by atomic mass is 28.4. The van der Waals surface area contributed by atoms with Gasteiger partial charge in [-0.2, -0.15) is 0 Å². The van der Waals surface area contributed by atoms with Gasteiger partial charge in [0.15, 0.2) is 5.60 Å². The molecule has 1 spiro atoms. The molecule has 264 valence electrons. The zero-order chi connectivity index (χ0) is 35.7. The first kappa shape index (κ1) is 36.5. The van der Waals surface area contributed by atoms with E-state index in [-0.39, 0.29) is 36.8 Å². The second kappa shape index (κ2) is 14.6. The number of rotatable bonds is 11. The summed E-state index contributed by atoms with van der Waals surface area (Å²) in [5.74, 6) is -1.42. The minimum atomic E-state index is -3.51. The van der Waals surface area contributed by atoms with Gasteiger partial charge in [0.05, 0.1) is 30.9 Å². The lowest BCUT2D eigenvalue weighted by Gasteiger charge is -2.31. The molecule has 3 aliphatic heterocycles. The number of likely N-dealkylation sites (tertiary alicyclic amines) is 1. The number of nitrogen functional groups attached to an aromatic ring is 1. The van der Waals surface area contributed by atoms with E-state index in [0.29, 0.717) is 47.7 Å². The summed E-state index contributed by atoms with van der Waals surface area (Å²) in [4.78, 5) is 45.0. The lowest BCUT2D eigenvalue weighted by atomic mass is 9.82. The number of carbonyl (C=O) groups is 3. The van der Waals surface area contributed by atoms with Crippen molar-refractivity contribution in [3.05, 3.63) is 76.9 Å². The second-order valence-electron chi connectivity index (χ2n) is 14.6. The van der Waals surface area contributed by atoms with Crippen molar-refractivity contribution >= 4 is 43.2 Å². The fourth-order valence-corrected chi connectivity index (χ4v) is 10.4. The number of aliphatic hydroxyl groups excluding tert-OH is 1. The summed E-state index contributed by atoms with van der Waals surface area (Å²) in [5, 5.41) is 12.8. The maximum Gasteiger partial charge on any atom is 0.264 e. The van der Waals surface area contributed by atoms with E-state index >= 15 is 4.11 Å². The number of nitrogens with two attached hydrogens (primary N) is 1. The van der Waals surface area contributed by atoms with Crippen molar-refractivity contribution in [1.82, 2.24) is 4.90 Å². The van der Waals surface area contributed by atoms with Crippen molar-refractivity contribution in [2.75, 3.05) is 35.6 Å². The van der Waals surface area contributed by atoms with Crippen LogP contribution < -0.4 is 16.0 Å². The molecule has 0 radical (unpaired) electrons. The molecule has 0 saturated carbocycles. The maximum absolute atomic E-state index is 16.4. The lowest BCUT2D eigenvalue weighted by molar-refractivity contribution is -0.149. The van der Waals surface area contributed by atoms with E-state index in [2.05, 4.69) is 25.2 Å². The van der Waals surface area contributed by atoms with Crippen LogP contribution in [0.3, 0.4) is 0 Å². The van der Waals surface area contributed by atoms with E-state index in [1.807, 2.05) is 26.0 Å². The predicted octanol–water partition coefficient (Wildman–Crippen LogP) is 6.71. The molecular weight excluding hydrogens is 640 g/mol. The number of nitrogens with zero attached hydrogens (tertiary/aromatic N) is 2. The van der Waals surface area contributed by atoms with Crippen molar-refractivity contribution < 1.29 is 28.3 Å². The number of amides is 3. The van der Waals surface area contributed by atoms with Gasteiger partial charge in [0.25, 0.3) is 11.8 Å². The van der Waals surface area contributed by atoms with Crippen molar-refractivity contribution in [1.29, 1.82) is 0 Å². The third kappa shape index (κ3) is 7.39. The standard InChI is InChI=1S/C38H51FN4O5Si/c1-24(2)9-7-10-25(3)18-20-43-32-17-16-29(41-36(46)27-12-14-28(40)15-13-27)21-31(32)38(37(43)47)26(4)35(49(5,6)39)33(48-38)22-34(45)42-19-8-11-30(42)23-44/h9,12-18,21,26,30,33,35,44H,7-8,10-11,19-20,22-23,40H2,1-6H3,(H,41,46)/b25-18+/t26-,30+,33+,35-,38+/m1/s1. The van der Waals surface area contributed by atoms with E-state index in [9.17, 15) is 19.5 Å². The van der Waals surface area contributed by atoms with Gasteiger partial charge >= 0.3 is 0 Å². The summed E-state index contributed by atoms with van der Waals surface area (Å²) in [6.45, 7) is 12.0. The second-order valence-corrected chi connectivity index (χ2v) is 18.4. The predicted molar refractivity (Wildman–Crippen MR) is 195 cm³/mol. The van der Waals surface area contributed by atoms with Gasteiger partial charge in [0.1, 0.15) is 0 Å². The highest BCUT2D eigenvalue weighted by Crippen LogP contribution is 2.60. The van der Waals surface area contributed by atoms with Crippen molar-refractivity contribution in [2.45, 2.75) is 96.2 Å². The molecule has 4 N–H and O–H groups in total. The Morgan fingerprint density at radius 1 is 1.14 bits per heavy atom. The molecule has 0 aliphatic carbocycles. The third-order valence-electron chi connectivity index (χ3n) is 10.4. The Balaban J connectivity index is 1.53. The average Bonchev–Trinajstić information content (AvgIpc) is 3.70. The number of hydrogen-bond donors (Lipinski definition) is 3. The molecule has 3 aliphatic rings. The SMILES string of the molecule is CC(C)=CCC/C(C)=C/CN1C(=O)[C@@]2(O[C@@H](CC(=O)N3CCC[C@H]3CO)[C@H]([Si](C)(C)F)[C@H]2C)c2cc(NC(=O)c3ccc(N)cc3)ccc21. The van der Waals surface area contributed by atoms with Gasteiger partial charge in [0.2, 0.25) is 14.3 Å². The molecular formula is C38H51FN4O5Si. The van der Waals surface area contributed by atoms with E-state index in [1.165, 1.54) is 5.57 Å². The minimum Gasteiger partial charge on any atom is -0.399 e. The van der Waals surface area contributed by atoms with Crippen LogP contribution in [0.1, 0.15) is 75.7 Å². The van der Waals surface area contributed by atoms with Gasteiger partial charge in [0, 0.05) is 47.1 Å². The number of allylic oxidation sites excluding steroid dienone is 3. The molecule has 2 saturated heterocycles. The first-order valence-corrected chi connectivity index (χ1v) is 20.3. The molecule has 0 bridgehead atoms. The molecule has 0 aromatic heterocycles. The zero-order valence-corrected chi connectivity index (χ0v) is 30.6. The molecule has 2 aromatic rings. The average molecular weight is 691 g/mol. The van der Waals surface area contributed by atoms with Crippen LogP contribution in [0.5, 0.6) is 0 Å². The van der Waals surface area contributed by atoms with Gasteiger partial charge in [-0.05, 0) is 102 Å². The summed E-state index contributed by atoms with van der Waals surface area (Å²) < 4.78 is 23.2. The highest BCUT2D eigenvalue weighted by molar-refractivity contribution is 6.72. The van der Waals surface area contributed by atoms with Crippen LogP contribution in [-0.2, 0) is 19.9 Å². The molecule has 2 fully saturated rings. The van der Waals surface area contributed by atoms with Crippen LogP contribution in [0.15, 0.2) is 65.8 Å². The van der Waals surface area contributed by atoms with Crippen LogP contribution in [0.2, 0.25) is 18.6 Å². The van der Waals surface area contributed by atoms with Crippen molar-refractivity contribution in [3.63, 3.8) is 0 Å². The van der Waals surface area contributed by atoms with Gasteiger partial charge in [-0.25, -0.2) is 0 Å². The molecule has 0 unspecified atom stereocenters. The molecule has 49 heavy (non-hydrogen) atoms. The third-order valence-corrected chi connectivity index (χ3v) is 12.8. The van der Waals surface area contributed by atoms with Crippen molar-refractivity contribution in [3.8, 4) is 0 Å². The molecule has 3 heterocycles. The number of nitrogens with one attached hydrogen (secondary N) is 1. The molecule has 5 rings (SSSR count). The molecule has 9 nitrogen and oxygen atoms in total. The normalized spacial score (nSPS) is 25.2. The highest BCUT2D eigenvalue weighted by Gasteiger charge is 2.67. The topological polar surface area (TPSA) is 125 Å². The lowest BCUT2D eigenvalue weighted by Crippen LogP contribution is -2.45. The number of carbonyl (C=O) groups excluding carboxylic acids is 3. The molecule has 2 aromatic carbocycles. The van der Waals surface area contributed by atoms with E-state index in [4.69, 9.17) is 10.5 Å². The number of ether oxygens (including phenoxy) is 1. The maximum atomic E-state index is 16.4. The van der Waals surface area contributed by atoms with Crippen LogP contribution in [0.4, 0.5) is 21.2 Å². The fraction of sp³-hybridized carbons (Fsp3) is 0.500. The number of fused-ring (bicyclic) bond motifs is 2. The summed E-state index contributed by atoms with van der Waals surface area (Å²) >= 11 is 0. The van der Waals surface area contributed by atoms with E-state index in [0.717, 1.165) is 24.8 Å². The Morgan fingerprint density at radius 2 is 1.86 bits per heavy atom. The largest absolute Gasteiger partial charge is 0.399 e.